The van der Waals surface area contributed by atoms with E-state index < -0.39 is 0 Å². The molecule has 9 heteroatoms. The average Bonchev–Trinajstić information content (AvgIpc) is 3.52. The standard InChI is InChI=1S/C31H20N4O4.C2H5I/c1-33-28(36)20-7-3-16-18-5-9-22-27-23(31(39)35(30(22)38)13-2-12-34-14-11-32-15-34)10-6-19(25(18)27)17-4-8-21(29(33)37)26(20)24(16)17;1-2-3/h3-11,14-15H,2,12-13H2,1H3;2H2,1H3. The number of amides is 4. The summed E-state index contributed by atoms with van der Waals surface area (Å²) in [7, 11) is 1.50. The van der Waals surface area contributed by atoms with Crippen LogP contribution in [0.1, 0.15) is 54.8 Å². The molecule has 0 radical (unpaired) electrons. The van der Waals surface area contributed by atoms with Crippen LogP contribution in [0, 0.1) is 0 Å². The SMILES string of the molecule is CCI.CN1C(=O)c2ccc3c4ccc5c6c(ccc(c7ccc(c2c37)C1=O)c64)C(=O)N(CCCn1ccnc1)C5=O. The first-order valence-corrected chi connectivity index (χ1v) is 15.3. The number of imide groups is 2. The number of hydrogen-bond acceptors (Lipinski definition) is 5. The van der Waals surface area contributed by atoms with Gasteiger partial charge >= 0.3 is 0 Å². The van der Waals surface area contributed by atoms with Gasteiger partial charge in [0.05, 0.1) is 6.33 Å². The second-order valence-corrected chi connectivity index (χ2v) is 12.0. The Hall–Kier alpha value is -4.38. The van der Waals surface area contributed by atoms with Crippen molar-refractivity contribution >= 4 is 89.3 Å². The quantitative estimate of drug-likeness (QED) is 0.0725. The fourth-order valence-corrected chi connectivity index (χ4v) is 6.47. The third kappa shape index (κ3) is 3.62. The van der Waals surface area contributed by atoms with Crippen molar-refractivity contribution in [3.8, 4) is 0 Å². The van der Waals surface area contributed by atoms with Crippen molar-refractivity contribution < 1.29 is 19.2 Å². The average molecular weight is 668 g/mol. The van der Waals surface area contributed by atoms with E-state index >= 15 is 0 Å². The molecule has 8 rings (SSSR count). The van der Waals surface area contributed by atoms with E-state index in [9.17, 15) is 19.2 Å². The summed E-state index contributed by atoms with van der Waals surface area (Å²) < 4.78 is 3.14. The highest BCUT2D eigenvalue weighted by Crippen LogP contribution is 2.46. The minimum atomic E-state index is -0.323. The molecule has 2 aliphatic rings. The monoisotopic (exact) mass is 668 g/mol. The Morgan fingerprint density at radius 2 is 1.07 bits per heavy atom. The van der Waals surface area contributed by atoms with Gasteiger partial charge in [0.25, 0.3) is 23.6 Å². The normalized spacial score (nSPS) is 14.5. The number of fused-ring (bicyclic) bond motifs is 2. The number of rotatable bonds is 4. The second kappa shape index (κ2) is 9.87. The lowest BCUT2D eigenvalue weighted by atomic mass is 9.82. The third-order valence-corrected chi connectivity index (χ3v) is 8.28. The predicted molar refractivity (Wildman–Crippen MR) is 171 cm³/mol. The molecule has 0 fully saturated rings. The Bertz CT molecular complexity index is 2000. The first kappa shape index (κ1) is 26.5. The number of imidazole rings is 1. The van der Waals surface area contributed by atoms with Gasteiger partial charge in [-0.1, -0.05) is 53.8 Å². The summed E-state index contributed by atoms with van der Waals surface area (Å²) in [5.74, 6) is -1.23. The molecule has 0 spiro atoms. The van der Waals surface area contributed by atoms with Gasteiger partial charge in [-0.25, -0.2) is 4.98 Å². The van der Waals surface area contributed by atoms with Crippen LogP contribution in [-0.2, 0) is 6.54 Å². The molecule has 5 aromatic carbocycles. The molecule has 3 heterocycles. The zero-order valence-electron chi connectivity index (χ0n) is 23.0. The molecule has 2 aliphatic heterocycles. The number of carbonyl (C=O) groups is 4. The molecule has 0 saturated carbocycles. The largest absolute Gasteiger partial charge is 0.337 e. The van der Waals surface area contributed by atoms with E-state index in [4.69, 9.17) is 0 Å². The zero-order chi connectivity index (χ0) is 29.3. The fraction of sp³-hybridized carbons (Fsp3) is 0.182. The van der Waals surface area contributed by atoms with Crippen molar-refractivity contribution in [2.24, 2.45) is 0 Å². The maximum Gasteiger partial charge on any atom is 0.261 e. The van der Waals surface area contributed by atoms with Crippen LogP contribution in [0.2, 0.25) is 0 Å². The van der Waals surface area contributed by atoms with Crippen LogP contribution in [0.3, 0.4) is 0 Å². The van der Waals surface area contributed by atoms with Gasteiger partial charge in [0, 0.05) is 65.6 Å². The van der Waals surface area contributed by atoms with Crippen LogP contribution in [0.15, 0.2) is 67.3 Å². The molecule has 208 valence electrons. The molecule has 6 aromatic rings. The van der Waals surface area contributed by atoms with E-state index in [0.717, 1.165) is 37.2 Å². The first-order chi connectivity index (χ1) is 20.4. The summed E-state index contributed by atoms with van der Waals surface area (Å²) in [4.78, 5) is 59.7. The Labute approximate surface area is 254 Å². The molecule has 0 bridgehead atoms. The number of aryl methyl sites for hydroxylation is 1. The van der Waals surface area contributed by atoms with E-state index in [1.54, 1.807) is 36.8 Å². The molecule has 4 amide bonds. The summed E-state index contributed by atoms with van der Waals surface area (Å²) in [6, 6.07) is 14.8. The number of hydrogen-bond donors (Lipinski definition) is 0. The maximum absolute atomic E-state index is 13.6. The molecule has 0 unspecified atom stereocenters. The van der Waals surface area contributed by atoms with Crippen LogP contribution in [0.4, 0.5) is 0 Å². The van der Waals surface area contributed by atoms with Gasteiger partial charge in [0.1, 0.15) is 0 Å². The van der Waals surface area contributed by atoms with Gasteiger partial charge < -0.3 is 4.57 Å². The molecule has 1 aromatic heterocycles. The van der Waals surface area contributed by atoms with Crippen molar-refractivity contribution in [3.63, 3.8) is 0 Å². The Morgan fingerprint density at radius 3 is 1.48 bits per heavy atom. The molecular weight excluding hydrogens is 643 g/mol. The third-order valence-electron chi connectivity index (χ3n) is 8.28. The molecule has 0 atom stereocenters. The van der Waals surface area contributed by atoms with Crippen LogP contribution < -0.4 is 0 Å². The number of nitrogens with zero attached hydrogens (tertiary/aromatic N) is 4. The molecule has 8 nitrogen and oxygen atoms in total. The Morgan fingerprint density at radius 1 is 0.643 bits per heavy atom. The zero-order valence-corrected chi connectivity index (χ0v) is 25.1. The molecular formula is C33H25IN4O4. The Kier molecular flexibility index (Phi) is 6.23. The summed E-state index contributed by atoms with van der Waals surface area (Å²) in [6.07, 6.45) is 5.89. The summed E-state index contributed by atoms with van der Waals surface area (Å²) in [5.41, 5.74) is 2.01. The van der Waals surface area contributed by atoms with Crippen LogP contribution in [0.25, 0.3) is 43.1 Å². The topological polar surface area (TPSA) is 92.6 Å². The van der Waals surface area contributed by atoms with Crippen molar-refractivity contribution in [2.75, 3.05) is 18.0 Å². The van der Waals surface area contributed by atoms with Crippen molar-refractivity contribution in [1.29, 1.82) is 0 Å². The van der Waals surface area contributed by atoms with Crippen LogP contribution in [0.5, 0.6) is 0 Å². The number of alkyl halides is 1. The van der Waals surface area contributed by atoms with Crippen LogP contribution >= 0.6 is 22.6 Å². The highest BCUT2D eigenvalue weighted by Gasteiger charge is 2.35. The number of aromatic nitrogens is 2. The minimum absolute atomic E-state index is 0.294. The summed E-state index contributed by atoms with van der Waals surface area (Å²) in [5, 5.41) is 6.56. The number of halogens is 1. The van der Waals surface area contributed by atoms with Gasteiger partial charge in [0.2, 0.25) is 0 Å². The van der Waals surface area contributed by atoms with Gasteiger partial charge in [-0.05, 0) is 67.4 Å². The molecule has 42 heavy (non-hydrogen) atoms. The molecule has 0 N–H and O–H groups in total. The fourth-order valence-electron chi connectivity index (χ4n) is 6.47. The highest BCUT2D eigenvalue weighted by molar-refractivity contribution is 14.1. The van der Waals surface area contributed by atoms with Crippen molar-refractivity contribution in [2.45, 2.75) is 19.9 Å². The van der Waals surface area contributed by atoms with E-state index in [1.165, 1.54) is 16.4 Å². The van der Waals surface area contributed by atoms with Crippen molar-refractivity contribution in [3.05, 3.63) is 89.5 Å². The number of carbonyl (C=O) groups excluding carboxylic acids is 4. The van der Waals surface area contributed by atoms with E-state index in [-0.39, 0.29) is 23.6 Å². The maximum atomic E-state index is 13.6. The predicted octanol–water partition coefficient (Wildman–Crippen LogP) is 6.29. The minimum Gasteiger partial charge on any atom is -0.337 e. The van der Waals surface area contributed by atoms with Gasteiger partial charge in [-0.3, -0.25) is 29.0 Å². The lowest BCUT2D eigenvalue weighted by Crippen LogP contribution is -2.41. The Balaban J connectivity index is 0.000000923. The van der Waals surface area contributed by atoms with Gasteiger partial charge in [-0.2, -0.15) is 0 Å². The second-order valence-electron chi connectivity index (χ2n) is 10.5. The van der Waals surface area contributed by atoms with E-state index in [0.29, 0.717) is 52.5 Å². The lowest BCUT2D eigenvalue weighted by molar-refractivity contribution is 0.0602. The van der Waals surface area contributed by atoms with Gasteiger partial charge in [-0.15, -0.1) is 0 Å². The summed E-state index contributed by atoms with van der Waals surface area (Å²) >= 11 is 2.29. The highest BCUT2D eigenvalue weighted by atomic mass is 127. The van der Waals surface area contributed by atoms with Crippen molar-refractivity contribution in [1.82, 2.24) is 19.4 Å². The summed E-state index contributed by atoms with van der Waals surface area (Å²) in [6.45, 7) is 3.08. The number of benzene rings is 5. The van der Waals surface area contributed by atoms with E-state index in [1.807, 2.05) is 35.0 Å². The van der Waals surface area contributed by atoms with Gasteiger partial charge in [0.15, 0.2) is 0 Å². The smallest absolute Gasteiger partial charge is 0.261 e. The van der Waals surface area contributed by atoms with E-state index in [2.05, 4.69) is 34.5 Å². The molecule has 0 aliphatic carbocycles. The first-order valence-electron chi connectivity index (χ1n) is 13.8. The van der Waals surface area contributed by atoms with Crippen LogP contribution in [-0.4, -0.2) is 61.0 Å². The lowest BCUT2D eigenvalue weighted by Gasteiger charge is -2.29. The molecule has 0 saturated heterocycles.